The topological polar surface area (TPSA) is 60.0 Å². The highest BCUT2D eigenvalue weighted by molar-refractivity contribution is 5.70. The average Bonchev–Trinajstić information content (AvgIpc) is 3.11. The lowest BCUT2D eigenvalue weighted by Gasteiger charge is -2.21. The second-order valence-corrected chi connectivity index (χ2v) is 5.98. The molecule has 0 radical (unpaired) electrons. The standard InChI is InChI=1S/C16H23N5/c1-13(10-20-7-2-3-8-20)11-21-12-18-9-15(21)14-5-4-6-19-16(14)17/h4-6,9,12-13H,2-3,7-8,10-11H2,1H3,(H2,17,19). The second kappa shape index (κ2) is 6.26. The fourth-order valence-electron chi connectivity index (χ4n) is 3.12. The number of nitrogens with two attached hydrogens (primary N) is 1. The first kappa shape index (κ1) is 14.1. The Kier molecular flexibility index (Phi) is 4.20. The van der Waals surface area contributed by atoms with Crippen molar-refractivity contribution in [2.24, 2.45) is 5.92 Å². The van der Waals surface area contributed by atoms with E-state index in [2.05, 4.69) is 26.4 Å². The van der Waals surface area contributed by atoms with Gasteiger partial charge in [-0.1, -0.05) is 6.92 Å². The Morgan fingerprint density at radius 3 is 2.86 bits per heavy atom. The SMILES string of the molecule is CC(CN1CCCC1)Cn1cncc1-c1cccnc1N. The highest BCUT2D eigenvalue weighted by Gasteiger charge is 2.16. The minimum absolute atomic E-state index is 0.562. The van der Waals surface area contributed by atoms with Crippen molar-refractivity contribution in [3.8, 4) is 11.3 Å². The van der Waals surface area contributed by atoms with E-state index in [9.17, 15) is 0 Å². The summed E-state index contributed by atoms with van der Waals surface area (Å²) >= 11 is 0. The molecule has 1 aliphatic rings. The summed E-state index contributed by atoms with van der Waals surface area (Å²) in [4.78, 5) is 11.0. The highest BCUT2D eigenvalue weighted by atomic mass is 15.1. The summed E-state index contributed by atoms with van der Waals surface area (Å²) in [7, 11) is 0. The number of likely N-dealkylation sites (tertiary alicyclic amines) is 1. The zero-order valence-corrected chi connectivity index (χ0v) is 12.6. The lowest BCUT2D eigenvalue weighted by atomic mass is 10.1. The van der Waals surface area contributed by atoms with Gasteiger partial charge < -0.3 is 15.2 Å². The predicted octanol–water partition coefficient (Wildman–Crippen LogP) is 2.26. The lowest BCUT2D eigenvalue weighted by molar-refractivity contribution is 0.272. The Hall–Kier alpha value is -1.88. The molecular formula is C16H23N5. The molecule has 1 atom stereocenters. The van der Waals surface area contributed by atoms with Crippen LogP contribution in [0.3, 0.4) is 0 Å². The molecule has 5 nitrogen and oxygen atoms in total. The van der Waals surface area contributed by atoms with Crippen LogP contribution in [0.1, 0.15) is 19.8 Å². The summed E-state index contributed by atoms with van der Waals surface area (Å²) in [6, 6.07) is 3.91. The molecule has 0 amide bonds. The van der Waals surface area contributed by atoms with E-state index in [1.165, 1.54) is 25.9 Å². The van der Waals surface area contributed by atoms with Gasteiger partial charge in [-0.25, -0.2) is 9.97 Å². The van der Waals surface area contributed by atoms with E-state index in [4.69, 9.17) is 5.73 Å². The fourth-order valence-corrected chi connectivity index (χ4v) is 3.12. The largest absolute Gasteiger partial charge is 0.383 e. The molecule has 0 aromatic carbocycles. The first-order valence-electron chi connectivity index (χ1n) is 7.67. The normalized spacial score (nSPS) is 17.2. The number of aromatic nitrogens is 3. The molecule has 0 aliphatic carbocycles. The van der Waals surface area contributed by atoms with Crippen LogP contribution in [0.15, 0.2) is 30.9 Å². The van der Waals surface area contributed by atoms with Gasteiger partial charge in [0.05, 0.1) is 18.2 Å². The maximum atomic E-state index is 5.98. The van der Waals surface area contributed by atoms with Crippen LogP contribution in [0.5, 0.6) is 0 Å². The van der Waals surface area contributed by atoms with E-state index in [0.717, 1.165) is 24.3 Å². The van der Waals surface area contributed by atoms with Crippen molar-refractivity contribution in [1.29, 1.82) is 0 Å². The first-order valence-corrected chi connectivity index (χ1v) is 7.67. The van der Waals surface area contributed by atoms with Crippen LogP contribution in [0.4, 0.5) is 5.82 Å². The van der Waals surface area contributed by atoms with Crippen molar-refractivity contribution in [2.45, 2.75) is 26.3 Å². The van der Waals surface area contributed by atoms with Gasteiger partial charge in [-0.05, 0) is 44.0 Å². The molecular weight excluding hydrogens is 262 g/mol. The lowest BCUT2D eigenvalue weighted by Crippen LogP contribution is -2.27. The summed E-state index contributed by atoms with van der Waals surface area (Å²) < 4.78 is 2.19. The molecule has 0 bridgehead atoms. The molecule has 1 unspecified atom stereocenters. The zero-order valence-electron chi connectivity index (χ0n) is 12.6. The summed E-state index contributed by atoms with van der Waals surface area (Å²) in [5.41, 5.74) is 7.99. The van der Waals surface area contributed by atoms with Gasteiger partial charge in [-0.15, -0.1) is 0 Å². The molecule has 5 heteroatoms. The van der Waals surface area contributed by atoms with Crippen molar-refractivity contribution >= 4 is 5.82 Å². The number of hydrogen-bond donors (Lipinski definition) is 1. The molecule has 1 saturated heterocycles. The maximum Gasteiger partial charge on any atom is 0.132 e. The van der Waals surface area contributed by atoms with Crippen LogP contribution in [-0.4, -0.2) is 39.1 Å². The Labute approximate surface area is 125 Å². The van der Waals surface area contributed by atoms with Gasteiger partial charge in [0.1, 0.15) is 5.82 Å². The van der Waals surface area contributed by atoms with E-state index in [1.54, 1.807) is 6.20 Å². The number of hydrogen-bond acceptors (Lipinski definition) is 4. The smallest absolute Gasteiger partial charge is 0.132 e. The fraction of sp³-hybridized carbons (Fsp3) is 0.500. The predicted molar refractivity (Wildman–Crippen MR) is 84.7 cm³/mol. The van der Waals surface area contributed by atoms with Crippen LogP contribution in [0, 0.1) is 5.92 Å². The second-order valence-electron chi connectivity index (χ2n) is 5.98. The number of pyridine rings is 1. The summed E-state index contributed by atoms with van der Waals surface area (Å²) in [5, 5.41) is 0. The van der Waals surface area contributed by atoms with Crippen molar-refractivity contribution in [3.05, 3.63) is 30.9 Å². The molecule has 1 aliphatic heterocycles. The average molecular weight is 285 g/mol. The first-order chi connectivity index (χ1) is 10.2. The molecule has 1 fully saturated rings. The summed E-state index contributed by atoms with van der Waals surface area (Å²) in [6.45, 7) is 6.91. The number of nitrogen functional groups attached to an aromatic ring is 1. The Morgan fingerprint density at radius 1 is 1.29 bits per heavy atom. The van der Waals surface area contributed by atoms with Crippen LogP contribution < -0.4 is 5.73 Å². The van der Waals surface area contributed by atoms with E-state index < -0.39 is 0 Å². The minimum Gasteiger partial charge on any atom is -0.383 e. The monoisotopic (exact) mass is 285 g/mol. The number of anilines is 1. The molecule has 0 saturated carbocycles. The van der Waals surface area contributed by atoms with Crippen LogP contribution in [-0.2, 0) is 6.54 Å². The van der Waals surface area contributed by atoms with E-state index in [0.29, 0.717) is 11.7 Å². The Balaban J connectivity index is 1.72. The van der Waals surface area contributed by atoms with Crippen LogP contribution in [0.2, 0.25) is 0 Å². The van der Waals surface area contributed by atoms with Gasteiger partial charge in [0.25, 0.3) is 0 Å². The summed E-state index contributed by atoms with van der Waals surface area (Å²) in [5.74, 6) is 1.15. The van der Waals surface area contributed by atoms with Gasteiger partial charge in [-0.2, -0.15) is 0 Å². The summed E-state index contributed by atoms with van der Waals surface area (Å²) in [6.07, 6.45) is 8.16. The molecule has 2 N–H and O–H groups in total. The number of nitrogens with zero attached hydrogens (tertiary/aromatic N) is 4. The third kappa shape index (κ3) is 3.24. The van der Waals surface area contributed by atoms with Gasteiger partial charge in [-0.3, -0.25) is 0 Å². The van der Waals surface area contributed by atoms with E-state index in [1.807, 2.05) is 24.7 Å². The van der Waals surface area contributed by atoms with Gasteiger partial charge in [0, 0.05) is 24.8 Å². The molecule has 112 valence electrons. The molecule has 3 heterocycles. The quantitative estimate of drug-likeness (QED) is 0.915. The van der Waals surface area contributed by atoms with E-state index in [-0.39, 0.29) is 0 Å². The zero-order chi connectivity index (χ0) is 14.7. The Morgan fingerprint density at radius 2 is 2.10 bits per heavy atom. The molecule has 21 heavy (non-hydrogen) atoms. The molecule has 0 spiro atoms. The van der Waals surface area contributed by atoms with Gasteiger partial charge >= 0.3 is 0 Å². The third-order valence-electron chi connectivity index (χ3n) is 4.10. The number of rotatable bonds is 5. The van der Waals surface area contributed by atoms with Crippen molar-refractivity contribution in [2.75, 3.05) is 25.4 Å². The maximum absolute atomic E-state index is 5.98. The van der Waals surface area contributed by atoms with Crippen LogP contribution >= 0.6 is 0 Å². The van der Waals surface area contributed by atoms with E-state index >= 15 is 0 Å². The number of imidazole rings is 1. The minimum atomic E-state index is 0.562. The van der Waals surface area contributed by atoms with Crippen LogP contribution in [0.25, 0.3) is 11.3 Å². The molecule has 2 aromatic rings. The van der Waals surface area contributed by atoms with Crippen molar-refractivity contribution in [3.63, 3.8) is 0 Å². The Bertz CT molecular complexity index is 586. The third-order valence-corrected chi connectivity index (χ3v) is 4.10. The van der Waals surface area contributed by atoms with Crippen molar-refractivity contribution in [1.82, 2.24) is 19.4 Å². The molecule has 2 aromatic heterocycles. The molecule has 3 rings (SSSR count). The highest BCUT2D eigenvalue weighted by Crippen LogP contribution is 2.24. The van der Waals surface area contributed by atoms with Gasteiger partial charge in [0.2, 0.25) is 0 Å². The van der Waals surface area contributed by atoms with Crippen molar-refractivity contribution < 1.29 is 0 Å². The van der Waals surface area contributed by atoms with Gasteiger partial charge in [0.15, 0.2) is 0 Å².